The van der Waals surface area contributed by atoms with Crippen LogP contribution >= 0.6 is 11.8 Å². The van der Waals surface area contributed by atoms with Crippen molar-refractivity contribution in [3.8, 4) is 0 Å². The van der Waals surface area contributed by atoms with Crippen LogP contribution in [-0.4, -0.2) is 34.9 Å². The molecule has 3 atom stereocenters. The minimum absolute atomic E-state index is 0.0771. The molecule has 2 rings (SSSR count). The average Bonchev–Trinajstić information content (AvgIpc) is 2.83. The van der Waals surface area contributed by atoms with Gasteiger partial charge in [0.25, 0.3) is 0 Å². The van der Waals surface area contributed by atoms with Gasteiger partial charge in [0.05, 0.1) is 12.2 Å². The first-order valence-corrected chi connectivity index (χ1v) is 7.82. The molecule has 0 spiro atoms. The molecule has 0 aromatic rings. The summed E-state index contributed by atoms with van der Waals surface area (Å²) in [6, 6.07) is 0. The van der Waals surface area contributed by atoms with Gasteiger partial charge in [-0.1, -0.05) is 6.42 Å². The fourth-order valence-corrected chi connectivity index (χ4v) is 4.05. The molecule has 0 radical (unpaired) electrons. The average molecular weight is 244 g/mol. The smallest absolute Gasteiger partial charge is 0.0658 e. The van der Waals surface area contributed by atoms with E-state index in [0.29, 0.717) is 11.4 Å². The van der Waals surface area contributed by atoms with E-state index in [1.54, 1.807) is 0 Å². The maximum absolute atomic E-state index is 10.1. The largest absolute Gasteiger partial charge is 0.392 e. The van der Waals surface area contributed by atoms with E-state index in [2.05, 4.69) is 0 Å². The quantitative estimate of drug-likeness (QED) is 0.806. The molecule has 0 amide bonds. The lowest BCUT2D eigenvalue weighted by Crippen LogP contribution is -2.26. The highest BCUT2D eigenvalue weighted by molar-refractivity contribution is 8.00. The topological polar surface area (TPSA) is 29.5 Å². The second-order valence-electron chi connectivity index (χ2n) is 5.04. The van der Waals surface area contributed by atoms with Gasteiger partial charge in [-0.3, -0.25) is 0 Å². The number of aliphatic hydroxyl groups excluding tert-OH is 1. The van der Waals surface area contributed by atoms with Gasteiger partial charge in [-0.25, -0.2) is 0 Å². The van der Waals surface area contributed by atoms with Crippen LogP contribution in [0.2, 0.25) is 0 Å². The number of ether oxygens (including phenoxy) is 1. The van der Waals surface area contributed by atoms with Gasteiger partial charge < -0.3 is 9.84 Å². The molecule has 0 aromatic carbocycles. The van der Waals surface area contributed by atoms with Gasteiger partial charge in [0, 0.05) is 11.9 Å². The van der Waals surface area contributed by atoms with Gasteiger partial charge in [0.2, 0.25) is 0 Å². The molecule has 0 saturated carbocycles. The molecule has 2 aliphatic heterocycles. The fourth-order valence-electron chi connectivity index (χ4n) is 2.68. The second kappa shape index (κ2) is 6.87. The van der Waals surface area contributed by atoms with Crippen LogP contribution in [0.5, 0.6) is 0 Å². The number of hydrogen-bond donors (Lipinski definition) is 1. The Labute approximate surface area is 103 Å². The number of aliphatic hydroxyl groups is 1. The Bertz CT molecular complexity index is 186. The lowest BCUT2D eigenvalue weighted by atomic mass is 10.0. The summed E-state index contributed by atoms with van der Waals surface area (Å²) in [7, 11) is 0. The molecule has 0 bridgehead atoms. The zero-order chi connectivity index (χ0) is 11.2. The van der Waals surface area contributed by atoms with E-state index in [4.69, 9.17) is 4.74 Å². The van der Waals surface area contributed by atoms with Gasteiger partial charge in [-0.05, 0) is 50.7 Å². The van der Waals surface area contributed by atoms with E-state index in [9.17, 15) is 5.11 Å². The Morgan fingerprint density at radius 2 is 2.19 bits per heavy atom. The monoisotopic (exact) mass is 244 g/mol. The summed E-state index contributed by atoms with van der Waals surface area (Å²) in [5, 5.41) is 10.6. The molecule has 2 aliphatic rings. The molecule has 0 aromatic heterocycles. The van der Waals surface area contributed by atoms with E-state index in [0.717, 1.165) is 25.9 Å². The Kier molecular flexibility index (Phi) is 5.46. The van der Waals surface area contributed by atoms with Gasteiger partial charge in [0.1, 0.15) is 0 Å². The van der Waals surface area contributed by atoms with E-state index in [1.165, 1.54) is 37.9 Å². The zero-order valence-corrected chi connectivity index (χ0v) is 10.9. The lowest BCUT2D eigenvalue weighted by molar-refractivity contribution is 0.0936. The molecule has 2 nitrogen and oxygen atoms in total. The van der Waals surface area contributed by atoms with E-state index >= 15 is 0 Å². The minimum atomic E-state index is -0.0771. The number of thioether (sulfide) groups is 1. The van der Waals surface area contributed by atoms with Crippen LogP contribution in [0.4, 0.5) is 0 Å². The Hall–Kier alpha value is 0.270. The fraction of sp³-hybridized carbons (Fsp3) is 1.00. The summed E-state index contributed by atoms with van der Waals surface area (Å²) >= 11 is 1.97. The first-order valence-electron chi connectivity index (χ1n) is 6.77. The molecule has 94 valence electrons. The van der Waals surface area contributed by atoms with Crippen LogP contribution in [0.1, 0.15) is 51.4 Å². The highest BCUT2D eigenvalue weighted by atomic mass is 32.2. The van der Waals surface area contributed by atoms with Gasteiger partial charge >= 0.3 is 0 Å². The van der Waals surface area contributed by atoms with Crippen molar-refractivity contribution in [2.45, 2.75) is 68.8 Å². The van der Waals surface area contributed by atoms with Gasteiger partial charge in [-0.2, -0.15) is 11.8 Å². The minimum Gasteiger partial charge on any atom is -0.392 e. The Morgan fingerprint density at radius 1 is 1.25 bits per heavy atom. The predicted molar refractivity (Wildman–Crippen MR) is 68.9 cm³/mol. The summed E-state index contributed by atoms with van der Waals surface area (Å²) in [6.45, 7) is 0.950. The molecule has 16 heavy (non-hydrogen) atoms. The highest BCUT2D eigenvalue weighted by Crippen LogP contribution is 2.29. The third-order valence-electron chi connectivity index (χ3n) is 3.69. The molecule has 3 heteroatoms. The van der Waals surface area contributed by atoms with Crippen molar-refractivity contribution in [3.63, 3.8) is 0 Å². The Balaban J connectivity index is 1.57. The third-order valence-corrected chi connectivity index (χ3v) is 5.20. The molecule has 3 unspecified atom stereocenters. The summed E-state index contributed by atoms with van der Waals surface area (Å²) in [4.78, 5) is 0. The van der Waals surface area contributed by atoms with Crippen LogP contribution in [0.15, 0.2) is 0 Å². The first kappa shape index (κ1) is 12.7. The van der Waals surface area contributed by atoms with Crippen LogP contribution in [0.25, 0.3) is 0 Å². The van der Waals surface area contributed by atoms with E-state index in [-0.39, 0.29) is 6.10 Å². The van der Waals surface area contributed by atoms with Crippen LogP contribution in [-0.2, 0) is 4.74 Å². The SMILES string of the molecule is OC(CCCC1CCCO1)C1CCCCS1. The molecule has 2 saturated heterocycles. The molecule has 2 fully saturated rings. The maximum Gasteiger partial charge on any atom is 0.0658 e. The van der Waals surface area contributed by atoms with E-state index in [1.807, 2.05) is 11.8 Å². The second-order valence-corrected chi connectivity index (χ2v) is 6.39. The maximum atomic E-state index is 10.1. The first-order chi connectivity index (χ1) is 7.86. The van der Waals surface area contributed by atoms with Crippen molar-refractivity contribution >= 4 is 11.8 Å². The van der Waals surface area contributed by atoms with Crippen molar-refractivity contribution < 1.29 is 9.84 Å². The van der Waals surface area contributed by atoms with Crippen molar-refractivity contribution in [1.29, 1.82) is 0 Å². The number of rotatable bonds is 5. The number of hydrogen-bond acceptors (Lipinski definition) is 3. The summed E-state index contributed by atoms with van der Waals surface area (Å²) in [6.07, 6.45) is 9.98. The molecule has 1 N–H and O–H groups in total. The molecular weight excluding hydrogens is 220 g/mol. The van der Waals surface area contributed by atoms with Gasteiger partial charge in [0.15, 0.2) is 0 Å². The van der Waals surface area contributed by atoms with Crippen LogP contribution in [0.3, 0.4) is 0 Å². The summed E-state index contributed by atoms with van der Waals surface area (Å²) < 4.78 is 5.59. The normalized spacial score (nSPS) is 32.8. The van der Waals surface area contributed by atoms with Crippen molar-refractivity contribution in [2.24, 2.45) is 0 Å². The van der Waals surface area contributed by atoms with Crippen molar-refractivity contribution in [1.82, 2.24) is 0 Å². The predicted octanol–water partition coefficient (Wildman–Crippen LogP) is 2.98. The van der Waals surface area contributed by atoms with Crippen LogP contribution < -0.4 is 0 Å². The third kappa shape index (κ3) is 3.94. The summed E-state index contributed by atoms with van der Waals surface area (Å²) in [5.41, 5.74) is 0. The Morgan fingerprint density at radius 3 is 2.88 bits per heavy atom. The molecule has 0 aliphatic carbocycles. The zero-order valence-electron chi connectivity index (χ0n) is 10.1. The van der Waals surface area contributed by atoms with Crippen molar-refractivity contribution in [3.05, 3.63) is 0 Å². The summed E-state index contributed by atoms with van der Waals surface area (Å²) in [5.74, 6) is 1.24. The molecule has 2 heterocycles. The van der Waals surface area contributed by atoms with Gasteiger partial charge in [-0.15, -0.1) is 0 Å². The van der Waals surface area contributed by atoms with E-state index < -0.39 is 0 Å². The highest BCUT2D eigenvalue weighted by Gasteiger charge is 2.22. The molecular formula is C13H24O2S. The van der Waals surface area contributed by atoms with Crippen molar-refractivity contribution in [2.75, 3.05) is 12.4 Å². The van der Waals surface area contributed by atoms with Crippen LogP contribution in [0, 0.1) is 0 Å². The standard InChI is InChI=1S/C13H24O2S/c14-12(13-8-1-2-10-16-13)7-3-5-11-6-4-9-15-11/h11-14H,1-10H2. The lowest BCUT2D eigenvalue weighted by Gasteiger charge is -2.26.